The summed E-state index contributed by atoms with van der Waals surface area (Å²) >= 11 is 7.57. The van der Waals surface area contributed by atoms with Gasteiger partial charge >= 0.3 is 0 Å². The summed E-state index contributed by atoms with van der Waals surface area (Å²) in [5.74, 6) is 1.14. The van der Waals surface area contributed by atoms with Gasteiger partial charge in [-0.1, -0.05) is 11.6 Å². The SMILES string of the molecule is CNc1ncc(Cl)c(Nc2ccsc2)n1. The maximum atomic E-state index is 5.96. The Morgan fingerprint density at radius 3 is 3.00 bits per heavy atom. The Kier molecular flexibility index (Phi) is 3.03. The third-order valence-corrected chi connectivity index (χ3v) is 2.71. The van der Waals surface area contributed by atoms with E-state index in [1.807, 2.05) is 16.8 Å². The molecule has 4 nitrogen and oxygen atoms in total. The molecule has 0 aliphatic heterocycles. The van der Waals surface area contributed by atoms with E-state index >= 15 is 0 Å². The molecule has 2 N–H and O–H groups in total. The molecule has 0 spiro atoms. The van der Waals surface area contributed by atoms with Gasteiger partial charge in [0.2, 0.25) is 5.95 Å². The first-order valence-electron chi connectivity index (χ1n) is 4.29. The lowest BCUT2D eigenvalue weighted by molar-refractivity contribution is 1.15. The molecule has 0 aromatic carbocycles. The summed E-state index contributed by atoms with van der Waals surface area (Å²) in [6.07, 6.45) is 1.56. The molecule has 2 rings (SSSR count). The number of nitrogens with one attached hydrogen (secondary N) is 2. The summed E-state index contributed by atoms with van der Waals surface area (Å²) in [5, 5.41) is 10.4. The maximum absolute atomic E-state index is 5.96. The Labute approximate surface area is 96.3 Å². The molecule has 78 valence electrons. The molecule has 2 heterocycles. The highest BCUT2D eigenvalue weighted by molar-refractivity contribution is 7.08. The van der Waals surface area contributed by atoms with Crippen molar-refractivity contribution in [2.45, 2.75) is 0 Å². The number of rotatable bonds is 3. The summed E-state index contributed by atoms with van der Waals surface area (Å²) in [6, 6.07) is 1.96. The highest BCUT2D eigenvalue weighted by Crippen LogP contribution is 2.24. The average molecular weight is 241 g/mol. The fraction of sp³-hybridized carbons (Fsp3) is 0.111. The molecule has 6 heteroatoms. The van der Waals surface area contributed by atoms with Crippen LogP contribution in [0.1, 0.15) is 0 Å². The van der Waals surface area contributed by atoms with Crippen LogP contribution in [0.25, 0.3) is 0 Å². The molecule has 0 fully saturated rings. The number of halogens is 1. The summed E-state index contributed by atoms with van der Waals surface area (Å²) < 4.78 is 0. The summed E-state index contributed by atoms with van der Waals surface area (Å²) in [7, 11) is 1.76. The molecule has 0 unspecified atom stereocenters. The van der Waals surface area contributed by atoms with Gasteiger partial charge in [0.1, 0.15) is 5.02 Å². The summed E-state index contributed by atoms with van der Waals surface area (Å²) in [5.41, 5.74) is 0.975. The predicted octanol–water partition coefficient (Wildman–Crippen LogP) is 2.98. The molecule has 2 aromatic heterocycles. The Morgan fingerprint density at radius 2 is 2.33 bits per heavy atom. The van der Waals surface area contributed by atoms with Crippen molar-refractivity contribution < 1.29 is 0 Å². The van der Waals surface area contributed by atoms with Gasteiger partial charge in [0.15, 0.2) is 5.82 Å². The highest BCUT2D eigenvalue weighted by atomic mass is 35.5. The second kappa shape index (κ2) is 4.46. The van der Waals surface area contributed by atoms with Crippen LogP contribution in [0.15, 0.2) is 23.0 Å². The smallest absolute Gasteiger partial charge is 0.224 e. The van der Waals surface area contributed by atoms with E-state index < -0.39 is 0 Å². The van der Waals surface area contributed by atoms with Crippen LogP contribution in [-0.4, -0.2) is 17.0 Å². The number of nitrogens with zero attached hydrogens (tertiary/aromatic N) is 2. The van der Waals surface area contributed by atoms with Gasteiger partial charge in [-0.25, -0.2) is 4.98 Å². The lowest BCUT2D eigenvalue weighted by Gasteiger charge is -2.06. The largest absolute Gasteiger partial charge is 0.357 e. The van der Waals surface area contributed by atoms with E-state index in [2.05, 4.69) is 20.6 Å². The van der Waals surface area contributed by atoms with Crippen LogP contribution in [-0.2, 0) is 0 Å². The normalized spacial score (nSPS) is 10.0. The van der Waals surface area contributed by atoms with Crippen LogP contribution in [0.2, 0.25) is 5.02 Å². The van der Waals surface area contributed by atoms with Crippen LogP contribution in [0.5, 0.6) is 0 Å². The van der Waals surface area contributed by atoms with Gasteiger partial charge in [-0.3, -0.25) is 0 Å². The van der Waals surface area contributed by atoms with E-state index in [0.717, 1.165) is 5.69 Å². The molecule has 2 aromatic rings. The van der Waals surface area contributed by atoms with Gasteiger partial charge in [0, 0.05) is 12.4 Å². The van der Waals surface area contributed by atoms with Crippen LogP contribution >= 0.6 is 22.9 Å². The molecule has 0 amide bonds. The number of aromatic nitrogens is 2. The second-order valence-electron chi connectivity index (χ2n) is 2.78. The van der Waals surface area contributed by atoms with Gasteiger partial charge in [-0.15, -0.1) is 0 Å². The Bertz CT molecular complexity index is 443. The number of hydrogen-bond acceptors (Lipinski definition) is 5. The molecule has 15 heavy (non-hydrogen) atoms. The summed E-state index contributed by atoms with van der Waals surface area (Å²) in [6.45, 7) is 0. The lowest BCUT2D eigenvalue weighted by atomic mass is 10.5. The first-order valence-corrected chi connectivity index (χ1v) is 5.61. The first kappa shape index (κ1) is 10.2. The van der Waals surface area contributed by atoms with E-state index in [1.165, 1.54) is 0 Å². The van der Waals surface area contributed by atoms with Crippen molar-refractivity contribution in [2.75, 3.05) is 17.7 Å². The lowest BCUT2D eigenvalue weighted by Crippen LogP contribution is -2.00. The van der Waals surface area contributed by atoms with Crippen molar-refractivity contribution in [3.8, 4) is 0 Å². The van der Waals surface area contributed by atoms with Gasteiger partial charge in [0.25, 0.3) is 0 Å². The minimum Gasteiger partial charge on any atom is -0.357 e. The van der Waals surface area contributed by atoms with Gasteiger partial charge < -0.3 is 10.6 Å². The fourth-order valence-electron chi connectivity index (χ4n) is 1.05. The number of anilines is 3. The molecule has 0 aliphatic rings. The molecule has 0 bridgehead atoms. The second-order valence-corrected chi connectivity index (χ2v) is 3.96. The zero-order chi connectivity index (χ0) is 10.7. The first-order chi connectivity index (χ1) is 7.29. The van der Waals surface area contributed by atoms with Crippen molar-refractivity contribution in [1.82, 2.24) is 9.97 Å². The van der Waals surface area contributed by atoms with Crippen molar-refractivity contribution in [1.29, 1.82) is 0 Å². The van der Waals surface area contributed by atoms with Crippen LogP contribution in [0.4, 0.5) is 17.5 Å². The van der Waals surface area contributed by atoms with E-state index in [-0.39, 0.29) is 0 Å². The molecule has 0 aliphatic carbocycles. The van der Waals surface area contributed by atoms with Crippen molar-refractivity contribution in [2.24, 2.45) is 0 Å². The molecule has 0 saturated heterocycles. The predicted molar refractivity (Wildman–Crippen MR) is 64.2 cm³/mol. The zero-order valence-corrected chi connectivity index (χ0v) is 9.56. The Morgan fingerprint density at radius 1 is 1.47 bits per heavy atom. The van der Waals surface area contributed by atoms with Crippen LogP contribution in [0.3, 0.4) is 0 Å². The monoisotopic (exact) mass is 240 g/mol. The maximum Gasteiger partial charge on any atom is 0.224 e. The van der Waals surface area contributed by atoms with Gasteiger partial charge in [0.05, 0.1) is 11.9 Å². The zero-order valence-electron chi connectivity index (χ0n) is 7.99. The van der Waals surface area contributed by atoms with Crippen molar-refractivity contribution >= 4 is 40.4 Å². The average Bonchev–Trinajstić information content (AvgIpc) is 2.74. The molecule has 0 atom stereocenters. The molecule has 0 saturated carbocycles. The van der Waals surface area contributed by atoms with Crippen LogP contribution in [0, 0.1) is 0 Å². The topological polar surface area (TPSA) is 49.8 Å². The highest BCUT2D eigenvalue weighted by Gasteiger charge is 2.04. The van der Waals surface area contributed by atoms with Crippen LogP contribution < -0.4 is 10.6 Å². The van der Waals surface area contributed by atoms with Gasteiger partial charge in [-0.2, -0.15) is 16.3 Å². The Balaban J connectivity index is 2.27. The van der Waals surface area contributed by atoms with E-state index in [0.29, 0.717) is 16.8 Å². The molecular weight excluding hydrogens is 232 g/mol. The number of hydrogen-bond donors (Lipinski definition) is 2. The fourth-order valence-corrected chi connectivity index (χ4v) is 1.77. The van der Waals surface area contributed by atoms with Crippen molar-refractivity contribution in [3.63, 3.8) is 0 Å². The van der Waals surface area contributed by atoms with E-state index in [4.69, 9.17) is 11.6 Å². The quantitative estimate of drug-likeness (QED) is 0.866. The van der Waals surface area contributed by atoms with E-state index in [1.54, 1.807) is 24.6 Å². The van der Waals surface area contributed by atoms with E-state index in [9.17, 15) is 0 Å². The Hall–Kier alpha value is -1.33. The standard InChI is InChI=1S/C9H9ClN4S/c1-11-9-12-4-7(10)8(14-9)13-6-2-3-15-5-6/h2-5H,1H3,(H2,11,12,13,14). The minimum atomic E-state index is 0.500. The minimum absolute atomic E-state index is 0.500. The van der Waals surface area contributed by atoms with Gasteiger partial charge in [-0.05, 0) is 11.4 Å². The number of thiophene rings is 1. The van der Waals surface area contributed by atoms with Crippen molar-refractivity contribution in [3.05, 3.63) is 28.0 Å². The third-order valence-electron chi connectivity index (χ3n) is 1.75. The summed E-state index contributed by atoms with van der Waals surface area (Å²) in [4.78, 5) is 8.20. The third kappa shape index (κ3) is 2.37. The molecule has 0 radical (unpaired) electrons. The molecular formula is C9H9ClN4S.